The normalized spacial score (nSPS) is 15.4. The van der Waals surface area contributed by atoms with E-state index in [-0.39, 0.29) is 10.8 Å². The van der Waals surface area contributed by atoms with Gasteiger partial charge in [0.05, 0.1) is 13.2 Å². The minimum Gasteiger partial charge on any atom is -0.377 e. The maximum atomic E-state index is 5.51. The molecule has 0 saturated heterocycles. The molecule has 0 bridgehead atoms. The lowest BCUT2D eigenvalue weighted by Crippen LogP contribution is -2.29. The molecule has 0 aromatic carbocycles. The molecule has 1 rings (SSSR count). The number of hydrogen-bond donors (Lipinski definition) is 0. The fraction of sp³-hybridized carbons (Fsp3) is 0.859. The van der Waals surface area contributed by atoms with Crippen molar-refractivity contribution in [2.24, 2.45) is 92.6 Å². The second-order valence-electron chi connectivity index (χ2n) is 47.7. The van der Waals surface area contributed by atoms with Crippen LogP contribution in [0, 0.1) is 92.6 Å². The predicted molar refractivity (Wildman–Crippen MR) is 470 cm³/mol. The summed E-state index contributed by atoms with van der Waals surface area (Å²) in [4.78, 5) is 0. The van der Waals surface area contributed by atoms with E-state index in [1.54, 1.807) is 0 Å². The van der Waals surface area contributed by atoms with Crippen LogP contribution < -0.4 is 0 Å². The van der Waals surface area contributed by atoms with Gasteiger partial charge >= 0.3 is 0 Å². The van der Waals surface area contributed by atoms with Crippen LogP contribution in [0.25, 0.3) is 0 Å². The van der Waals surface area contributed by atoms with Crippen molar-refractivity contribution in [1.82, 2.24) is 0 Å². The molecule has 0 amide bonds. The van der Waals surface area contributed by atoms with Crippen LogP contribution in [0.2, 0.25) is 0 Å². The van der Waals surface area contributed by atoms with Gasteiger partial charge in [-0.2, -0.15) is 0 Å². The second kappa shape index (κ2) is 49.2. The van der Waals surface area contributed by atoms with Crippen LogP contribution in [0.3, 0.4) is 0 Å². The Morgan fingerprint density at radius 1 is 0.300 bits per heavy atom. The van der Waals surface area contributed by atoms with Crippen molar-refractivity contribution in [3.05, 3.63) is 85.1 Å². The summed E-state index contributed by atoms with van der Waals surface area (Å²) in [5.74, 6) is 0.673. The highest BCUT2D eigenvalue weighted by atomic mass is 16.5. The van der Waals surface area contributed by atoms with Crippen LogP contribution in [0.1, 0.15) is 446 Å². The molecule has 0 aliphatic heterocycles. The summed E-state index contributed by atoms with van der Waals surface area (Å²) in [6.07, 6.45) is 59.7. The molecule has 1 nitrogen and oxygen atoms in total. The van der Waals surface area contributed by atoms with Gasteiger partial charge in [-0.25, -0.2) is 0 Å². The Kier molecular flexibility index (Phi) is 53.6. The first-order chi connectivity index (χ1) is 44.1. The molecule has 0 unspecified atom stereocenters. The highest BCUT2D eigenvalue weighted by Gasteiger charge is 2.49. The van der Waals surface area contributed by atoms with Crippen LogP contribution in [0.15, 0.2) is 85.1 Å². The number of rotatable bonds is 25. The van der Waals surface area contributed by atoms with Crippen molar-refractivity contribution < 1.29 is 4.74 Å². The molecule has 598 valence electrons. The van der Waals surface area contributed by atoms with Crippen molar-refractivity contribution in [2.75, 3.05) is 13.2 Å². The zero-order chi connectivity index (χ0) is 80.4. The summed E-state index contributed by atoms with van der Waals surface area (Å²) >= 11 is 0. The maximum Gasteiger partial charge on any atom is 0.0647 e. The number of allylic oxidation sites excluding steroid dienone is 13. The maximum absolute atomic E-state index is 5.51. The Morgan fingerprint density at radius 3 is 0.880 bits per heavy atom. The van der Waals surface area contributed by atoms with Gasteiger partial charge < -0.3 is 4.74 Å². The Bertz CT molecular complexity index is 2100. The molecule has 0 spiro atoms. The van der Waals surface area contributed by atoms with Crippen LogP contribution in [0.4, 0.5) is 0 Å². The standard InChI is InChI=1S/C16H30.C16H32.C15H30.C14H28.2C13H26.C12H24O/c1-14(2,3)10-8-7-9-11-16(12-13-16)15(4,5)6;1-14(2,3)12-10-9-11-13-16(7,8)15(4,5)6;1-13(15(5,6)7)11-9-8-10-12-14(2,3)4;1-13(2,3)11-9-7-8-10-12-14(4,5)6;2*1-12(2,3)10-8-7-9-11-13(4,5)6;1-11(2,3)8-7-9-13-10-12(4,5)6/h9,11H,7-8,10,12-13H2,1-6H3;10,12H,9,11,13H2,1-8H3;9,11,13H,8,10,12H2,1-7H3;7,9H,8,10-12H2,1-6H3;8,10H,7,9,11H2,1-6H3;7-8H,9-11H2,1-6H3;7-8H,9-10H2,1-6H3/b11-9+;12-10+;11-9+;9-7+;10-8+;2*8-7+/t;;13-;;;;/m..0..../s1. The van der Waals surface area contributed by atoms with Crippen LogP contribution in [-0.4, -0.2) is 13.2 Å². The molecule has 0 heterocycles. The molecule has 1 saturated carbocycles. The summed E-state index contributed by atoms with van der Waals surface area (Å²) in [6, 6.07) is 0. The van der Waals surface area contributed by atoms with Gasteiger partial charge in [0.15, 0.2) is 0 Å². The molecule has 100 heavy (non-hydrogen) atoms. The van der Waals surface area contributed by atoms with Crippen molar-refractivity contribution in [3.63, 3.8) is 0 Å². The van der Waals surface area contributed by atoms with E-state index < -0.39 is 0 Å². The molecule has 0 N–H and O–H groups in total. The topological polar surface area (TPSA) is 9.23 Å². The van der Waals surface area contributed by atoms with E-state index in [1.807, 2.05) is 0 Å². The molecule has 1 atom stereocenters. The average Bonchev–Trinajstić information content (AvgIpc) is 1.61. The van der Waals surface area contributed by atoms with Crippen molar-refractivity contribution >= 4 is 0 Å². The molecule has 1 heteroatoms. The van der Waals surface area contributed by atoms with E-state index in [4.69, 9.17) is 4.74 Å². The lowest BCUT2D eigenvalue weighted by atomic mass is 9.67. The van der Waals surface area contributed by atoms with Gasteiger partial charge in [-0.1, -0.05) is 397 Å². The van der Waals surface area contributed by atoms with Crippen molar-refractivity contribution in [2.45, 2.75) is 446 Å². The second-order valence-corrected chi connectivity index (χ2v) is 47.7. The lowest BCUT2D eigenvalue weighted by Gasteiger charge is -2.39. The highest BCUT2D eigenvalue weighted by Crippen LogP contribution is 2.59. The smallest absolute Gasteiger partial charge is 0.0647 e. The Balaban J connectivity index is -0.000000258. The van der Waals surface area contributed by atoms with Crippen molar-refractivity contribution in [3.8, 4) is 0 Å². The Hall–Kier alpha value is -1.86. The van der Waals surface area contributed by atoms with Crippen LogP contribution >= 0.6 is 0 Å². The van der Waals surface area contributed by atoms with Gasteiger partial charge in [-0.15, -0.1) is 0 Å². The van der Waals surface area contributed by atoms with Gasteiger partial charge in [0.25, 0.3) is 0 Å². The number of ether oxygens (including phenoxy) is 1. The molecule has 0 aromatic heterocycles. The van der Waals surface area contributed by atoms with E-state index in [1.165, 1.54) is 135 Å². The Morgan fingerprint density at radius 2 is 0.600 bits per heavy atom. The van der Waals surface area contributed by atoms with Crippen LogP contribution in [-0.2, 0) is 4.74 Å². The zero-order valence-corrected chi connectivity index (χ0v) is 78.3. The molecule has 0 radical (unpaired) electrons. The quantitative estimate of drug-likeness (QED) is 0.0654. The van der Waals surface area contributed by atoms with Crippen LogP contribution in [0.5, 0.6) is 0 Å². The SMILES string of the molecule is CC(C)(C)/C=C/CCCC(C)(C)C.CC(C)(C)/C=C/CCCC(C)(C)C(C)(C)C.CC(C)(C)/C=C/COCC(C)(C)C.CC(C)(C)C/C=C/CCC(C)(C)C.CC(C)(C)C/C=C/CCCC(C)(C)C.CC(C)(C)CCC/C=C/C1(C(C)(C)C)CC1.C[C@@H](/C=C/CCCC(C)(C)C)C(C)(C)C. The fourth-order valence-electron chi connectivity index (χ4n) is 9.57. The molecule has 0 aromatic rings. The summed E-state index contributed by atoms with van der Waals surface area (Å²) in [5.41, 5.74) is 6.80. The molecule has 1 fully saturated rings. The average molecular weight is 1400 g/mol. The minimum atomic E-state index is 0.269. The molecular weight excluding hydrogens is 1210 g/mol. The summed E-state index contributed by atoms with van der Waals surface area (Å²) in [6.45, 7) is 105. The summed E-state index contributed by atoms with van der Waals surface area (Å²) in [5, 5.41) is 0. The van der Waals surface area contributed by atoms with Gasteiger partial charge in [0, 0.05) is 0 Å². The summed E-state index contributed by atoms with van der Waals surface area (Å²) < 4.78 is 5.51. The lowest BCUT2D eigenvalue weighted by molar-refractivity contribution is 0.0906. The first kappa shape index (κ1) is 109. The monoisotopic (exact) mass is 1400 g/mol. The van der Waals surface area contributed by atoms with Gasteiger partial charge in [-0.05, 0) is 227 Å². The molecule has 1 aliphatic rings. The molecule has 1 aliphatic carbocycles. The van der Waals surface area contributed by atoms with E-state index in [0.717, 1.165) is 13.2 Å². The first-order valence-corrected chi connectivity index (χ1v) is 41.3. The third-order valence-corrected chi connectivity index (χ3v) is 18.4. The molecular formula is C99H196O. The van der Waals surface area contributed by atoms with Gasteiger partial charge in [-0.3, -0.25) is 0 Å². The van der Waals surface area contributed by atoms with E-state index >= 15 is 0 Å². The third-order valence-electron chi connectivity index (χ3n) is 18.4. The largest absolute Gasteiger partial charge is 0.377 e. The third kappa shape index (κ3) is 92.2. The van der Waals surface area contributed by atoms with E-state index in [0.29, 0.717) is 81.7 Å². The highest BCUT2D eigenvalue weighted by molar-refractivity contribution is 5.14. The van der Waals surface area contributed by atoms with Gasteiger partial charge in [0.2, 0.25) is 0 Å². The van der Waals surface area contributed by atoms with E-state index in [2.05, 4.69) is 397 Å². The fourth-order valence-corrected chi connectivity index (χ4v) is 9.57. The first-order valence-electron chi connectivity index (χ1n) is 41.3. The predicted octanol–water partition coefficient (Wildman–Crippen LogP) is 35.3. The number of unbranched alkanes of at least 4 members (excludes halogenated alkanes) is 5. The van der Waals surface area contributed by atoms with E-state index in [9.17, 15) is 0 Å². The van der Waals surface area contributed by atoms with Gasteiger partial charge in [0.1, 0.15) is 0 Å². The van der Waals surface area contributed by atoms with Crippen molar-refractivity contribution in [1.29, 1.82) is 0 Å². The zero-order valence-electron chi connectivity index (χ0n) is 78.3. The Labute approximate surface area is 638 Å². The summed E-state index contributed by atoms with van der Waals surface area (Å²) in [7, 11) is 0. The number of hydrogen-bond acceptors (Lipinski definition) is 1. The minimum absolute atomic E-state index is 0.269.